The van der Waals surface area contributed by atoms with Crippen molar-refractivity contribution in [1.29, 1.82) is 0 Å². The van der Waals surface area contributed by atoms with Crippen molar-refractivity contribution in [3.63, 3.8) is 0 Å². The molecule has 0 radical (unpaired) electrons. The van der Waals surface area contributed by atoms with Crippen molar-refractivity contribution in [3.8, 4) is 0 Å². The van der Waals surface area contributed by atoms with Crippen molar-refractivity contribution in [1.82, 2.24) is 5.32 Å². The highest BCUT2D eigenvalue weighted by molar-refractivity contribution is 6.00. The fourth-order valence-corrected chi connectivity index (χ4v) is 1.62. The van der Waals surface area contributed by atoms with Gasteiger partial charge in [0, 0.05) is 0 Å². The topological polar surface area (TPSA) is 98.8 Å². The highest BCUT2D eigenvalue weighted by Crippen LogP contribution is 2.01. The van der Waals surface area contributed by atoms with Crippen LogP contribution in [0.15, 0.2) is 30.3 Å². The number of amides is 1. The van der Waals surface area contributed by atoms with Crippen molar-refractivity contribution in [2.24, 2.45) is 0 Å². The van der Waals surface area contributed by atoms with Gasteiger partial charge in [0.05, 0.1) is 13.2 Å². The molecule has 124 valence electrons. The maximum Gasteiger partial charge on any atom is 0.315 e. The minimum Gasteiger partial charge on any atom is -0.466 e. The van der Waals surface area contributed by atoms with Gasteiger partial charge >= 0.3 is 11.9 Å². The predicted molar refractivity (Wildman–Crippen MR) is 80.1 cm³/mol. The maximum absolute atomic E-state index is 11.5. The third-order valence-electron chi connectivity index (χ3n) is 2.68. The van der Waals surface area contributed by atoms with Crippen LogP contribution in [0.5, 0.6) is 0 Å². The fraction of sp³-hybridized carbons (Fsp3) is 0.375. The summed E-state index contributed by atoms with van der Waals surface area (Å²) in [6.07, 6.45) is -0.897. The van der Waals surface area contributed by atoms with Crippen molar-refractivity contribution >= 4 is 23.6 Å². The SMILES string of the molecule is CCOC(=O)CC(=O)CNC(=O)CC(=O)OCc1ccccc1. The first-order valence-corrected chi connectivity index (χ1v) is 7.14. The minimum atomic E-state index is -0.691. The summed E-state index contributed by atoms with van der Waals surface area (Å²) >= 11 is 0. The molecule has 0 unspecified atom stereocenters. The van der Waals surface area contributed by atoms with E-state index in [9.17, 15) is 19.2 Å². The summed E-state index contributed by atoms with van der Waals surface area (Å²) in [4.78, 5) is 45.5. The monoisotopic (exact) mass is 321 g/mol. The number of nitrogens with one attached hydrogen (secondary N) is 1. The summed E-state index contributed by atoms with van der Waals surface area (Å²) in [5, 5.41) is 2.26. The average Bonchev–Trinajstić information content (AvgIpc) is 2.52. The quantitative estimate of drug-likeness (QED) is 0.532. The standard InChI is InChI=1S/C16H19NO6/c1-2-22-15(20)8-13(18)10-17-14(19)9-16(21)23-11-12-6-4-3-5-7-12/h3-7H,2,8-11H2,1H3,(H,17,19). The molecule has 7 heteroatoms. The number of rotatable bonds is 9. The third-order valence-corrected chi connectivity index (χ3v) is 2.68. The highest BCUT2D eigenvalue weighted by atomic mass is 16.5. The lowest BCUT2D eigenvalue weighted by Gasteiger charge is -2.06. The number of carbonyl (C=O) groups is 4. The van der Waals surface area contributed by atoms with E-state index in [0.29, 0.717) is 0 Å². The molecule has 0 aromatic heterocycles. The zero-order chi connectivity index (χ0) is 17.1. The van der Waals surface area contributed by atoms with Crippen LogP contribution in [0.25, 0.3) is 0 Å². The Bertz CT molecular complexity index is 555. The number of carbonyl (C=O) groups excluding carboxylic acids is 4. The van der Waals surface area contributed by atoms with Crippen molar-refractivity contribution in [2.45, 2.75) is 26.4 Å². The van der Waals surface area contributed by atoms with Crippen LogP contribution in [-0.2, 0) is 35.3 Å². The third kappa shape index (κ3) is 8.35. The Labute approximate surface area is 134 Å². The Morgan fingerprint density at radius 1 is 0.957 bits per heavy atom. The van der Waals surface area contributed by atoms with Gasteiger partial charge in [-0.1, -0.05) is 30.3 Å². The molecule has 23 heavy (non-hydrogen) atoms. The molecule has 1 amide bonds. The van der Waals surface area contributed by atoms with Gasteiger partial charge in [-0.2, -0.15) is 0 Å². The molecule has 0 saturated heterocycles. The van der Waals surface area contributed by atoms with Gasteiger partial charge in [-0.3, -0.25) is 19.2 Å². The predicted octanol–water partition coefficient (Wildman–Crippen LogP) is 0.758. The lowest BCUT2D eigenvalue weighted by atomic mass is 10.2. The number of ether oxygens (including phenoxy) is 2. The summed E-state index contributed by atoms with van der Waals surface area (Å²) in [7, 11) is 0. The molecule has 0 spiro atoms. The number of Topliss-reactive ketones (excluding diaryl/α,β-unsaturated/α-hetero) is 1. The molecule has 1 N–H and O–H groups in total. The van der Waals surface area contributed by atoms with Crippen LogP contribution in [0.3, 0.4) is 0 Å². The van der Waals surface area contributed by atoms with Gasteiger partial charge in [0.2, 0.25) is 5.91 Å². The molecule has 0 aliphatic carbocycles. The average molecular weight is 321 g/mol. The van der Waals surface area contributed by atoms with E-state index in [0.717, 1.165) is 5.56 Å². The zero-order valence-electron chi connectivity index (χ0n) is 12.9. The summed E-state index contributed by atoms with van der Waals surface area (Å²) in [5.74, 6) is -2.46. The Hall–Kier alpha value is -2.70. The van der Waals surface area contributed by atoms with Gasteiger partial charge in [-0.25, -0.2) is 0 Å². The summed E-state index contributed by atoms with van der Waals surface area (Å²) in [5.41, 5.74) is 0.811. The lowest BCUT2D eigenvalue weighted by molar-refractivity contribution is -0.149. The largest absolute Gasteiger partial charge is 0.466 e. The Morgan fingerprint density at radius 2 is 1.61 bits per heavy atom. The van der Waals surface area contributed by atoms with Gasteiger partial charge in [0.15, 0.2) is 5.78 Å². The lowest BCUT2D eigenvalue weighted by Crippen LogP contribution is -2.32. The fourth-order valence-electron chi connectivity index (χ4n) is 1.62. The first-order chi connectivity index (χ1) is 11.0. The van der Waals surface area contributed by atoms with E-state index in [1.54, 1.807) is 19.1 Å². The second-order valence-electron chi connectivity index (χ2n) is 4.62. The molecule has 0 saturated carbocycles. The normalized spacial score (nSPS) is 9.78. The molecule has 0 fully saturated rings. The molecule has 0 bridgehead atoms. The van der Waals surface area contributed by atoms with Crippen molar-refractivity contribution < 1.29 is 28.7 Å². The van der Waals surface area contributed by atoms with E-state index in [1.807, 2.05) is 18.2 Å². The number of ketones is 1. The van der Waals surface area contributed by atoms with Gasteiger partial charge in [0.25, 0.3) is 0 Å². The zero-order valence-corrected chi connectivity index (χ0v) is 12.9. The van der Waals surface area contributed by atoms with Gasteiger partial charge in [-0.05, 0) is 12.5 Å². The maximum atomic E-state index is 11.5. The van der Waals surface area contributed by atoms with Crippen LogP contribution in [0, 0.1) is 0 Å². The summed E-state index contributed by atoms with van der Waals surface area (Å²) < 4.78 is 9.55. The Morgan fingerprint density at radius 3 is 2.26 bits per heavy atom. The Balaban J connectivity index is 2.21. The van der Waals surface area contributed by atoms with Crippen LogP contribution < -0.4 is 5.32 Å². The smallest absolute Gasteiger partial charge is 0.315 e. The van der Waals surface area contributed by atoms with E-state index in [1.165, 1.54) is 0 Å². The van der Waals surface area contributed by atoms with Crippen molar-refractivity contribution in [2.75, 3.05) is 13.2 Å². The number of hydrogen-bond acceptors (Lipinski definition) is 6. The van der Waals surface area contributed by atoms with Gasteiger partial charge < -0.3 is 14.8 Å². The molecular weight excluding hydrogens is 302 g/mol. The second-order valence-corrected chi connectivity index (χ2v) is 4.62. The van der Waals surface area contributed by atoms with Crippen LogP contribution in [0.4, 0.5) is 0 Å². The molecule has 7 nitrogen and oxygen atoms in total. The number of hydrogen-bond donors (Lipinski definition) is 1. The Kier molecular flexibility index (Phi) is 8.06. The van der Waals surface area contributed by atoms with Gasteiger partial charge in [-0.15, -0.1) is 0 Å². The first-order valence-electron chi connectivity index (χ1n) is 7.14. The number of esters is 2. The van der Waals surface area contributed by atoms with E-state index in [4.69, 9.17) is 4.74 Å². The second kappa shape index (κ2) is 10.1. The van der Waals surface area contributed by atoms with E-state index in [2.05, 4.69) is 10.1 Å². The molecule has 0 aliphatic heterocycles. The molecule has 1 aromatic carbocycles. The van der Waals surface area contributed by atoms with E-state index < -0.39 is 36.5 Å². The van der Waals surface area contributed by atoms with Crippen LogP contribution in [-0.4, -0.2) is 36.8 Å². The minimum absolute atomic E-state index is 0.0781. The molecule has 0 atom stereocenters. The van der Waals surface area contributed by atoms with Crippen molar-refractivity contribution in [3.05, 3.63) is 35.9 Å². The number of benzene rings is 1. The van der Waals surface area contributed by atoms with E-state index in [-0.39, 0.29) is 19.8 Å². The van der Waals surface area contributed by atoms with Crippen LogP contribution in [0.1, 0.15) is 25.3 Å². The van der Waals surface area contributed by atoms with E-state index >= 15 is 0 Å². The first kappa shape index (κ1) is 18.3. The molecule has 1 aromatic rings. The summed E-state index contributed by atoms with van der Waals surface area (Å²) in [6.45, 7) is 1.56. The molecular formula is C16H19NO6. The molecule has 0 heterocycles. The highest BCUT2D eigenvalue weighted by Gasteiger charge is 2.14. The molecule has 0 aliphatic rings. The van der Waals surface area contributed by atoms with Crippen LogP contribution in [0.2, 0.25) is 0 Å². The van der Waals surface area contributed by atoms with Crippen LogP contribution >= 0.6 is 0 Å². The molecule has 1 rings (SSSR count). The van der Waals surface area contributed by atoms with Gasteiger partial charge in [0.1, 0.15) is 19.4 Å². The summed E-state index contributed by atoms with van der Waals surface area (Å²) in [6, 6.07) is 9.05.